The van der Waals surface area contributed by atoms with Gasteiger partial charge in [0.25, 0.3) is 0 Å². The number of amides is 2. The number of nitrogens with one attached hydrogen (secondary N) is 2. The standard InChI is InChI=1S/C26H30N2O6/c29-16(13-24(30)31)14-27-25(32)21-11-5-6-12-23(21)28-26(33)34-15-22-19-9-3-1-7-17(19)18-8-2-4-10-20(18)22/h1-4,7-10,16,21-23,29H,5-6,11-15H2,(H,27,32)(H,28,33)(H,30,31). The Kier molecular flexibility index (Phi) is 7.47. The number of carbonyl (C=O) groups is 3. The van der Waals surface area contributed by atoms with Gasteiger partial charge in [0.15, 0.2) is 0 Å². The zero-order valence-corrected chi connectivity index (χ0v) is 18.9. The molecule has 0 heterocycles. The fourth-order valence-corrected chi connectivity index (χ4v) is 5.03. The molecule has 1 saturated carbocycles. The normalized spacial score (nSPS) is 20.0. The molecule has 0 aromatic heterocycles. The Balaban J connectivity index is 1.34. The second-order valence-electron chi connectivity index (χ2n) is 8.96. The number of ether oxygens (including phenoxy) is 1. The quantitative estimate of drug-likeness (QED) is 0.474. The first-order valence-corrected chi connectivity index (χ1v) is 11.7. The van der Waals surface area contributed by atoms with Crippen LogP contribution in [0.1, 0.15) is 49.1 Å². The van der Waals surface area contributed by atoms with Gasteiger partial charge < -0.3 is 25.6 Å². The molecule has 1 fully saturated rings. The maximum atomic E-state index is 12.7. The molecule has 8 heteroatoms. The molecule has 0 saturated heterocycles. The van der Waals surface area contributed by atoms with Crippen LogP contribution in [0.25, 0.3) is 11.1 Å². The third-order valence-corrected chi connectivity index (χ3v) is 6.67. The third kappa shape index (κ3) is 5.39. The van der Waals surface area contributed by atoms with E-state index in [0.29, 0.717) is 12.8 Å². The van der Waals surface area contributed by atoms with Crippen LogP contribution in [0.2, 0.25) is 0 Å². The minimum absolute atomic E-state index is 0.0423. The minimum Gasteiger partial charge on any atom is -0.481 e. The Morgan fingerprint density at radius 3 is 2.24 bits per heavy atom. The van der Waals surface area contributed by atoms with Crippen molar-refractivity contribution in [3.63, 3.8) is 0 Å². The number of aliphatic hydroxyl groups is 1. The summed E-state index contributed by atoms with van der Waals surface area (Å²) in [4.78, 5) is 36.0. The maximum Gasteiger partial charge on any atom is 0.407 e. The number of fused-ring (bicyclic) bond motifs is 3. The molecule has 3 unspecified atom stereocenters. The molecule has 2 aromatic rings. The molecule has 2 aliphatic carbocycles. The van der Waals surface area contributed by atoms with E-state index >= 15 is 0 Å². The Bertz CT molecular complexity index is 1010. The molecule has 0 radical (unpaired) electrons. The average molecular weight is 467 g/mol. The van der Waals surface area contributed by atoms with Gasteiger partial charge in [0.2, 0.25) is 5.91 Å². The van der Waals surface area contributed by atoms with Crippen LogP contribution >= 0.6 is 0 Å². The van der Waals surface area contributed by atoms with Crippen molar-refractivity contribution in [2.45, 2.75) is 50.2 Å². The molecule has 180 valence electrons. The van der Waals surface area contributed by atoms with Crippen molar-refractivity contribution in [3.05, 3.63) is 59.7 Å². The topological polar surface area (TPSA) is 125 Å². The monoisotopic (exact) mass is 466 g/mol. The van der Waals surface area contributed by atoms with Crippen molar-refractivity contribution in [1.29, 1.82) is 0 Å². The lowest BCUT2D eigenvalue weighted by atomic mass is 9.84. The molecule has 34 heavy (non-hydrogen) atoms. The van der Waals surface area contributed by atoms with Gasteiger partial charge in [-0.05, 0) is 35.1 Å². The Hall–Kier alpha value is -3.39. The lowest BCUT2D eigenvalue weighted by Gasteiger charge is -2.31. The number of benzene rings is 2. The highest BCUT2D eigenvalue weighted by atomic mass is 16.5. The van der Waals surface area contributed by atoms with Crippen LogP contribution in [0.5, 0.6) is 0 Å². The molecular weight excluding hydrogens is 436 g/mol. The van der Waals surface area contributed by atoms with Crippen molar-refractivity contribution in [1.82, 2.24) is 10.6 Å². The van der Waals surface area contributed by atoms with Crippen molar-refractivity contribution in [2.24, 2.45) is 5.92 Å². The van der Waals surface area contributed by atoms with Gasteiger partial charge in [-0.2, -0.15) is 0 Å². The fraction of sp³-hybridized carbons (Fsp3) is 0.423. The molecule has 2 aliphatic rings. The Morgan fingerprint density at radius 2 is 1.59 bits per heavy atom. The highest BCUT2D eigenvalue weighted by Gasteiger charge is 2.33. The first-order valence-electron chi connectivity index (χ1n) is 11.7. The third-order valence-electron chi connectivity index (χ3n) is 6.67. The molecule has 3 atom stereocenters. The highest BCUT2D eigenvalue weighted by Crippen LogP contribution is 2.44. The molecule has 2 aromatic carbocycles. The van der Waals surface area contributed by atoms with E-state index in [0.717, 1.165) is 35.1 Å². The van der Waals surface area contributed by atoms with Crippen LogP contribution in [-0.4, -0.2) is 53.5 Å². The van der Waals surface area contributed by atoms with Gasteiger partial charge in [-0.1, -0.05) is 61.4 Å². The molecule has 0 aliphatic heterocycles. The Labute approximate surface area is 198 Å². The number of alkyl carbamates (subject to hydrolysis) is 1. The van der Waals surface area contributed by atoms with E-state index in [1.165, 1.54) is 0 Å². The first kappa shape index (κ1) is 23.8. The number of aliphatic carboxylic acids is 1. The van der Waals surface area contributed by atoms with E-state index in [1.807, 2.05) is 24.3 Å². The van der Waals surface area contributed by atoms with E-state index in [-0.39, 0.29) is 31.0 Å². The van der Waals surface area contributed by atoms with Gasteiger partial charge in [0, 0.05) is 18.5 Å². The average Bonchev–Trinajstić information content (AvgIpc) is 3.15. The second-order valence-corrected chi connectivity index (χ2v) is 8.96. The van der Waals surface area contributed by atoms with Crippen molar-refractivity contribution >= 4 is 18.0 Å². The fourth-order valence-electron chi connectivity index (χ4n) is 5.03. The molecule has 2 amide bonds. The molecule has 8 nitrogen and oxygen atoms in total. The first-order chi connectivity index (χ1) is 16.4. The number of carboxylic acid groups (broad SMARTS) is 1. The predicted molar refractivity (Wildman–Crippen MR) is 125 cm³/mol. The molecule has 0 bridgehead atoms. The summed E-state index contributed by atoms with van der Waals surface area (Å²) in [6, 6.07) is 15.9. The zero-order valence-electron chi connectivity index (χ0n) is 18.9. The summed E-state index contributed by atoms with van der Waals surface area (Å²) in [7, 11) is 0. The number of hydrogen-bond donors (Lipinski definition) is 4. The highest BCUT2D eigenvalue weighted by molar-refractivity contribution is 5.81. The largest absolute Gasteiger partial charge is 0.481 e. The van der Waals surface area contributed by atoms with Gasteiger partial charge in [0.05, 0.1) is 18.4 Å². The van der Waals surface area contributed by atoms with Crippen molar-refractivity contribution < 1.29 is 29.3 Å². The van der Waals surface area contributed by atoms with Crippen LogP contribution in [0.4, 0.5) is 4.79 Å². The molecule has 4 rings (SSSR count). The molecule has 0 spiro atoms. The van der Waals surface area contributed by atoms with Crippen LogP contribution in [-0.2, 0) is 14.3 Å². The summed E-state index contributed by atoms with van der Waals surface area (Å²) in [5, 5.41) is 23.9. The van der Waals surface area contributed by atoms with E-state index < -0.39 is 30.5 Å². The summed E-state index contributed by atoms with van der Waals surface area (Å²) < 4.78 is 5.63. The van der Waals surface area contributed by atoms with E-state index in [4.69, 9.17) is 9.84 Å². The smallest absolute Gasteiger partial charge is 0.407 e. The lowest BCUT2D eigenvalue weighted by molar-refractivity contribution is -0.139. The van der Waals surface area contributed by atoms with Crippen molar-refractivity contribution in [2.75, 3.05) is 13.2 Å². The lowest BCUT2D eigenvalue weighted by Crippen LogP contribution is -2.49. The summed E-state index contributed by atoms with van der Waals surface area (Å²) in [5.74, 6) is -1.92. The second kappa shape index (κ2) is 10.7. The predicted octanol–water partition coefficient (Wildman–Crippen LogP) is 3.04. The van der Waals surface area contributed by atoms with Gasteiger partial charge in [-0.3, -0.25) is 9.59 Å². The van der Waals surface area contributed by atoms with Crippen LogP contribution in [0.3, 0.4) is 0 Å². The SMILES string of the molecule is O=C(O)CC(O)CNC(=O)C1CCCCC1NC(=O)OCC1c2ccccc2-c2ccccc21. The molecule has 4 N–H and O–H groups in total. The summed E-state index contributed by atoms with van der Waals surface area (Å²) >= 11 is 0. The van der Waals surface area contributed by atoms with Crippen LogP contribution in [0.15, 0.2) is 48.5 Å². The summed E-state index contributed by atoms with van der Waals surface area (Å²) in [6.45, 7) is 0.0596. The number of aliphatic hydroxyl groups excluding tert-OH is 1. The zero-order chi connectivity index (χ0) is 24.1. The van der Waals surface area contributed by atoms with E-state index in [2.05, 4.69) is 34.9 Å². The van der Waals surface area contributed by atoms with Gasteiger partial charge in [0.1, 0.15) is 6.61 Å². The van der Waals surface area contributed by atoms with Gasteiger partial charge >= 0.3 is 12.1 Å². The van der Waals surface area contributed by atoms with Crippen LogP contribution in [0, 0.1) is 5.92 Å². The summed E-state index contributed by atoms with van der Waals surface area (Å²) in [6.07, 6.45) is 0.857. The number of hydrogen-bond acceptors (Lipinski definition) is 5. The van der Waals surface area contributed by atoms with Crippen molar-refractivity contribution in [3.8, 4) is 11.1 Å². The number of carboxylic acids is 1. The van der Waals surface area contributed by atoms with E-state index in [1.54, 1.807) is 0 Å². The minimum atomic E-state index is -1.15. The summed E-state index contributed by atoms with van der Waals surface area (Å²) in [5.41, 5.74) is 4.57. The van der Waals surface area contributed by atoms with E-state index in [9.17, 15) is 19.5 Å². The number of carbonyl (C=O) groups excluding carboxylic acids is 2. The number of rotatable bonds is 8. The maximum absolute atomic E-state index is 12.7. The van der Waals surface area contributed by atoms with Gasteiger partial charge in [-0.25, -0.2) is 4.79 Å². The van der Waals surface area contributed by atoms with Crippen LogP contribution < -0.4 is 10.6 Å². The molecular formula is C26H30N2O6. The van der Waals surface area contributed by atoms with Gasteiger partial charge in [-0.15, -0.1) is 0 Å². The Morgan fingerprint density at radius 1 is 0.971 bits per heavy atom.